The fourth-order valence-electron chi connectivity index (χ4n) is 0.500. The summed E-state index contributed by atoms with van der Waals surface area (Å²) in [6.45, 7) is 13.9. The summed E-state index contributed by atoms with van der Waals surface area (Å²) < 4.78 is 0. The van der Waals surface area contributed by atoms with Crippen LogP contribution in [0.3, 0.4) is 0 Å². The van der Waals surface area contributed by atoms with Gasteiger partial charge in [0, 0.05) is 45.3 Å². The third-order valence-corrected chi connectivity index (χ3v) is 7.24. The van der Waals surface area contributed by atoms with Gasteiger partial charge in [-0.05, 0) is 0 Å². The Labute approximate surface area is 110 Å². The van der Waals surface area contributed by atoms with E-state index in [0.29, 0.717) is 0 Å². The largest absolute Gasteiger partial charge is 0.0711 e. The van der Waals surface area contributed by atoms with E-state index in [4.69, 9.17) is 0 Å². The van der Waals surface area contributed by atoms with Gasteiger partial charge in [0.15, 0.2) is 0 Å². The van der Waals surface area contributed by atoms with Crippen LogP contribution in [0.15, 0.2) is 0 Å². The van der Waals surface area contributed by atoms with Crippen LogP contribution in [-0.4, -0.2) is 17.6 Å². The smallest absolute Gasteiger partial charge is 0.0440 e. The molecule has 0 nitrogen and oxygen atoms in total. The molecule has 2 radical (unpaired) electrons. The van der Waals surface area contributed by atoms with Crippen LogP contribution in [0.4, 0.5) is 0 Å². The predicted octanol–water partition coefficient (Wildman–Crippen LogP) is 4.30. The van der Waals surface area contributed by atoms with Gasteiger partial charge in [0.1, 0.15) is 0 Å². The summed E-state index contributed by atoms with van der Waals surface area (Å²) in [6.07, 6.45) is 0. The summed E-state index contributed by atoms with van der Waals surface area (Å²) in [6, 6.07) is 5.73. The molecule has 0 heterocycles. The van der Waals surface area contributed by atoms with Gasteiger partial charge in [-0.2, -0.15) is 0 Å². The van der Waals surface area contributed by atoms with Gasteiger partial charge in [-0.25, -0.2) is 0 Å². The topological polar surface area (TPSA) is 0 Å². The van der Waals surface area contributed by atoms with Crippen LogP contribution in [0.25, 0.3) is 0 Å². The van der Waals surface area contributed by atoms with E-state index >= 15 is 0 Å². The number of hydrogen-bond acceptors (Lipinski definition) is 0. The Morgan fingerprint density at radius 3 is 0.769 bits per heavy atom. The molecule has 3 heteroatoms. The third kappa shape index (κ3) is 19.7. The van der Waals surface area contributed by atoms with E-state index in [9.17, 15) is 0 Å². The number of rotatable bonds is 4. The first-order valence-corrected chi connectivity index (χ1v) is 10.1. The summed E-state index contributed by atoms with van der Waals surface area (Å²) in [5, 5.41) is 0. The van der Waals surface area contributed by atoms with Crippen molar-refractivity contribution in [2.45, 2.75) is 65.0 Å². The third-order valence-electron chi connectivity index (χ3n) is 2.41. The summed E-state index contributed by atoms with van der Waals surface area (Å²) in [4.78, 5) is 0. The van der Waals surface area contributed by atoms with Gasteiger partial charge < -0.3 is 0 Å². The molecule has 0 saturated carbocycles. The Morgan fingerprint density at radius 1 is 0.615 bits per heavy atom. The average Bonchev–Trinajstić information content (AvgIpc) is 2.16. The predicted molar refractivity (Wildman–Crippen MR) is 65.2 cm³/mol. The SMILES string of the molecule is CC[Si](C)CC.CC[Si](C)CC.[Hg]. The Balaban J connectivity index is -0.000000143. The van der Waals surface area contributed by atoms with E-state index in [-0.39, 0.29) is 45.3 Å². The van der Waals surface area contributed by atoms with E-state index < -0.39 is 0 Å². The van der Waals surface area contributed by atoms with E-state index in [2.05, 4.69) is 40.8 Å². The standard InChI is InChI=1S/2C5H13Si.Hg/c2*1-4-6(3)5-2;/h2*4-5H2,1-3H3;. The van der Waals surface area contributed by atoms with Crippen LogP contribution in [-0.2, 0) is 27.7 Å². The van der Waals surface area contributed by atoms with Crippen LogP contribution in [0.5, 0.6) is 0 Å². The normalized spacial score (nSPS) is 9.23. The molecule has 0 aliphatic heterocycles. The van der Waals surface area contributed by atoms with Crippen molar-refractivity contribution in [2.24, 2.45) is 0 Å². The zero-order chi connectivity index (χ0) is 9.98. The quantitative estimate of drug-likeness (QED) is 0.615. The summed E-state index contributed by atoms with van der Waals surface area (Å²) in [5.74, 6) is 0. The fourth-order valence-corrected chi connectivity index (χ4v) is 1.50. The minimum absolute atomic E-state index is 0. The second-order valence-electron chi connectivity index (χ2n) is 3.33. The van der Waals surface area contributed by atoms with Gasteiger partial charge in [-0.15, -0.1) is 0 Å². The maximum atomic E-state index is 2.38. The molecule has 0 aliphatic rings. The molecule has 0 bridgehead atoms. The van der Waals surface area contributed by atoms with Crippen molar-refractivity contribution in [3.63, 3.8) is 0 Å². The van der Waals surface area contributed by atoms with Crippen LogP contribution in [0.2, 0.25) is 37.3 Å². The fraction of sp³-hybridized carbons (Fsp3) is 1.00. The second-order valence-corrected chi connectivity index (χ2v) is 9.99. The molecular formula is C10H26HgSi2. The Bertz CT molecular complexity index is 61.3. The molecule has 0 amide bonds. The first-order chi connectivity index (χ1) is 5.62. The maximum Gasteiger partial charge on any atom is 0.0440 e. The molecule has 0 fully saturated rings. The Hall–Kier alpha value is 1.37. The van der Waals surface area contributed by atoms with Crippen molar-refractivity contribution < 1.29 is 27.7 Å². The molecule has 76 valence electrons. The van der Waals surface area contributed by atoms with Gasteiger partial charge in [-0.1, -0.05) is 65.0 Å². The van der Waals surface area contributed by atoms with E-state index in [1.165, 1.54) is 24.2 Å². The zero-order valence-electron chi connectivity index (χ0n) is 10.5. The average molecular weight is 403 g/mol. The first kappa shape index (κ1) is 19.9. The summed E-state index contributed by atoms with van der Waals surface area (Å²) in [5.41, 5.74) is 0. The van der Waals surface area contributed by atoms with Crippen LogP contribution < -0.4 is 0 Å². The number of hydrogen-bond donors (Lipinski definition) is 0. The van der Waals surface area contributed by atoms with Gasteiger partial charge in [0.05, 0.1) is 0 Å². The van der Waals surface area contributed by atoms with Gasteiger partial charge in [0.2, 0.25) is 0 Å². The molecule has 0 aromatic carbocycles. The minimum atomic E-state index is 0. The molecule has 0 saturated heterocycles. The van der Waals surface area contributed by atoms with Crippen molar-refractivity contribution in [3.8, 4) is 0 Å². The molecule has 0 aliphatic carbocycles. The van der Waals surface area contributed by atoms with E-state index in [0.717, 1.165) is 0 Å². The molecule has 0 spiro atoms. The Morgan fingerprint density at radius 2 is 0.769 bits per heavy atom. The zero-order valence-corrected chi connectivity index (χ0v) is 18.0. The first-order valence-electron chi connectivity index (χ1n) is 5.24. The summed E-state index contributed by atoms with van der Waals surface area (Å²) >= 11 is 0. The second kappa shape index (κ2) is 15.8. The van der Waals surface area contributed by atoms with Crippen molar-refractivity contribution in [1.29, 1.82) is 0 Å². The minimum Gasteiger partial charge on any atom is -0.0711 e. The van der Waals surface area contributed by atoms with Gasteiger partial charge in [0.25, 0.3) is 0 Å². The molecule has 0 unspecified atom stereocenters. The van der Waals surface area contributed by atoms with Gasteiger partial charge >= 0.3 is 0 Å². The molecule has 13 heavy (non-hydrogen) atoms. The van der Waals surface area contributed by atoms with Crippen molar-refractivity contribution in [1.82, 2.24) is 0 Å². The molecule has 0 N–H and O–H groups in total. The molecule has 0 aromatic heterocycles. The monoisotopic (exact) mass is 404 g/mol. The van der Waals surface area contributed by atoms with Crippen LogP contribution in [0, 0.1) is 0 Å². The molecule has 0 aromatic rings. The van der Waals surface area contributed by atoms with Gasteiger partial charge in [-0.3, -0.25) is 0 Å². The molecule has 0 atom stereocenters. The van der Waals surface area contributed by atoms with E-state index in [1.54, 1.807) is 0 Å². The van der Waals surface area contributed by atoms with E-state index in [1.807, 2.05) is 0 Å². The van der Waals surface area contributed by atoms with Crippen molar-refractivity contribution >= 4 is 17.6 Å². The molecule has 0 rings (SSSR count). The van der Waals surface area contributed by atoms with Crippen molar-refractivity contribution in [3.05, 3.63) is 0 Å². The maximum absolute atomic E-state index is 2.38. The molecular weight excluding hydrogens is 377 g/mol. The van der Waals surface area contributed by atoms with Crippen molar-refractivity contribution in [2.75, 3.05) is 0 Å². The van der Waals surface area contributed by atoms with Crippen LogP contribution in [0.1, 0.15) is 27.7 Å². The Kier molecular flexibility index (Phi) is 24.2. The van der Waals surface area contributed by atoms with Crippen LogP contribution >= 0.6 is 0 Å². The summed E-state index contributed by atoms with van der Waals surface area (Å²) in [7, 11) is 0.263.